The van der Waals surface area contributed by atoms with E-state index >= 15 is 0 Å². The third-order valence-electron chi connectivity index (χ3n) is 2.00. The molecule has 4 N–H and O–H groups in total. The first-order chi connectivity index (χ1) is 7.41. The van der Waals surface area contributed by atoms with Crippen molar-refractivity contribution < 1.29 is 19.8 Å². The van der Waals surface area contributed by atoms with Gasteiger partial charge in [0.05, 0.1) is 12.0 Å². The molecule has 1 atom stereocenters. The second-order valence-electron chi connectivity index (χ2n) is 3.83. The molecule has 0 saturated heterocycles. The first-order valence-electron chi connectivity index (χ1n) is 4.76. The summed E-state index contributed by atoms with van der Waals surface area (Å²) in [6.45, 7) is 1.24. The van der Waals surface area contributed by atoms with E-state index in [9.17, 15) is 14.7 Å². The fourth-order valence-electron chi connectivity index (χ4n) is 1.23. The third-order valence-corrected chi connectivity index (χ3v) is 2.00. The Kier molecular flexibility index (Phi) is 3.68. The maximum Gasteiger partial charge on any atom is 0.306 e. The Hall–Kier alpha value is -1.82. The Balaban J connectivity index is 2.45. The summed E-state index contributed by atoms with van der Waals surface area (Å²) in [5, 5.41) is 20.6. The molecule has 0 aromatic carbocycles. The van der Waals surface area contributed by atoms with Gasteiger partial charge in [-0.05, 0) is 19.1 Å². The number of hydrogen-bond acceptors (Lipinski definition) is 3. The van der Waals surface area contributed by atoms with E-state index in [2.05, 4.69) is 10.3 Å². The molecule has 0 aliphatic heterocycles. The number of H-pyrrole nitrogens is 1. The topological polar surface area (TPSA) is 102 Å². The Labute approximate surface area is 92.3 Å². The molecular weight excluding hydrogens is 212 g/mol. The van der Waals surface area contributed by atoms with Crippen molar-refractivity contribution >= 4 is 11.9 Å². The van der Waals surface area contributed by atoms with E-state index in [1.54, 1.807) is 18.3 Å². The molecule has 1 unspecified atom stereocenters. The summed E-state index contributed by atoms with van der Waals surface area (Å²) in [5.41, 5.74) is -1.08. The second kappa shape index (κ2) is 4.80. The van der Waals surface area contributed by atoms with Crippen LogP contribution in [-0.4, -0.2) is 39.2 Å². The standard InChI is InChI=1S/C10H14N2O4/c1-10(16,5-8(13)14)6-12-9(15)7-3-2-4-11-7/h2-4,11,16H,5-6H2,1H3,(H,12,15)(H,13,14). The molecule has 88 valence electrons. The van der Waals surface area contributed by atoms with Gasteiger partial charge in [-0.1, -0.05) is 0 Å². The van der Waals surface area contributed by atoms with Crippen LogP contribution >= 0.6 is 0 Å². The van der Waals surface area contributed by atoms with Gasteiger partial charge in [-0.2, -0.15) is 0 Å². The van der Waals surface area contributed by atoms with Crippen molar-refractivity contribution in [3.63, 3.8) is 0 Å². The molecule has 6 nitrogen and oxygen atoms in total. The van der Waals surface area contributed by atoms with Crippen LogP contribution < -0.4 is 5.32 Å². The van der Waals surface area contributed by atoms with Gasteiger partial charge < -0.3 is 20.5 Å². The molecule has 1 aromatic heterocycles. The highest BCUT2D eigenvalue weighted by atomic mass is 16.4. The molecule has 6 heteroatoms. The Morgan fingerprint density at radius 3 is 2.75 bits per heavy atom. The van der Waals surface area contributed by atoms with E-state index in [1.807, 2.05) is 0 Å². The van der Waals surface area contributed by atoms with Crippen molar-refractivity contribution in [2.24, 2.45) is 0 Å². The van der Waals surface area contributed by atoms with E-state index in [-0.39, 0.29) is 12.5 Å². The zero-order valence-corrected chi connectivity index (χ0v) is 8.86. The van der Waals surface area contributed by atoms with Crippen LogP contribution in [0.1, 0.15) is 23.8 Å². The number of carboxylic acids is 1. The second-order valence-corrected chi connectivity index (χ2v) is 3.83. The van der Waals surface area contributed by atoms with Gasteiger partial charge in [0.1, 0.15) is 5.69 Å². The van der Waals surface area contributed by atoms with Crippen molar-refractivity contribution in [1.29, 1.82) is 0 Å². The van der Waals surface area contributed by atoms with E-state index in [1.165, 1.54) is 6.92 Å². The fraction of sp³-hybridized carbons (Fsp3) is 0.400. The lowest BCUT2D eigenvalue weighted by Gasteiger charge is -2.21. The lowest BCUT2D eigenvalue weighted by atomic mass is 10.0. The quantitative estimate of drug-likeness (QED) is 0.566. The molecule has 0 spiro atoms. The molecule has 1 amide bonds. The Bertz CT molecular complexity index is 370. The Morgan fingerprint density at radius 2 is 2.25 bits per heavy atom. The summed E-state index contributed by atoms with van der Waals surface area (Å²) >= 11 is 0. The molecule has 0 bridgehead atoms. The van der Waals surface area contributed by atoms with Gasteiger partial charge in [-0.15, -0.1) is 0 Å². The number of aromatic amines is 1. The number of aromatic nitrogens is 1. The van der Waals surface area contributed by atoms with Crippen LogP contribution in [-0.2, 0) is 4.79 Å². The zero-order valence-electron chi connectivity index (χ0n) is 8.86. The normalized spacial score (nSPS) is 14.1. The van der Waals surface area contributed by atoms with Crippen molar-refractivity contribution in [2.45, 2.75) is 18.9 Å². The summed E-state index contributed by atoms with van der Waals surface area (Å²) in [4.78, 5) is 24.6. The number of nitrogens with one attached hydrogen (secondary N) is 2. The van der Waals surface area contributed by atoms with E-state index in [0.717, 1.165) is 0 Å². The van der Waals surface area contributed by atoms with E-state index < -0.39 is 18.0 Å². The van der Waals surface area contributed by atoms with Crippen LogP contribution in [0.3, 0.4) is 0 Å². The minimum Gasteiger partial charge on any atom is -0.481 e. The number of hydrogen-bond donors (Lipinski definition) is 4. The van der Waals surface area contributed by atoms with Gasteiger partial charge in [0, 0.05) is 12.7 Å². The van der Waals surface area contributed by atoms with E-state index in [0.29, 0.717) is 5.69 Å². The lowest BCUT2D eigenvalue weighted by molar-refractivity contribution is -0.141. The maximum absolute atomic E-state index is 11.4. The number of aliphatic hydroxyl groups is 1. The Morgan fingerprint density at radius 1 is 1.56 bits per heavy atom. The maximum atomic E-state index is 11.4. The van der Waals surface area contributed by atoms with Crippen LogP contribution in [0.15, 0.2) is 18.3 Å². The predicted molar refractivity (Wildman–Crippen MR) is 56.0 cm³/mol. The average molecular weight is 226 g/mol. The zero-order chi connectivity index (χ0) is 12.2. The van der Waals surface area contributed by atoms with Crippen molar-refractivity contribution in [3.8, 4) is 0 Å². The molecule has 1 heterocycles. The van der Waals surface area contributed by atoms with Crippen molar-refractivity contribution in [2.75, 3.05) is 6.54 Å². The largest absolute Gasteiger partial charge is 0.481 e. The van der Waals surface area contributed by atoms with Gasteiger partial charge in [-0.25, -0.2) is 0 Å². The summed E-state index contributed by atoms with van der Waals surface area (Å²) in [7, 11) is 0. The molecule has 16 heavy (non-hydrogen) atoms. The number of rotatable bonds is 5. The van der Waals surface area contributed by atoms with Crippen LogP contribution in [0, 0.1) is 0 Å². The highest BCUT2D eigenvalue weighted by molar-refractivity contribution is 5.92. The predicted octanol–water partition coefficient (Wildman–Crippen LogP) is -0.0298. The SMILES string of the molecule is CC(O)(CNC(=O)c1ccc[nH]1)CC(=O)O. The molecule has 0 radical (unpaired) electrons. The molecule has 0 fully saturated rings. The fourth-order valence-corrected chi connectivity index (χ4v) is 1.23. The number of aliphatic carboxylic acids is 1. The minimum absolute atomic E-state index is 0.114. The van der Waals surface area contributed by atoms with Crippen LogP contribution in [0.2, 0.25) is 0 Å². The van der Waals surface area contributed by atoms with Crippen LogP contribution in [0.5, 0.6) is 0 Å². The smallest absolute Gasteiger partial charge is 0.306 e. The number of amides is 1. The first kappa shape index (κ1) is 12.3. The molecule has 0 aliphatic rings. The lowest BCUT2D eigenvalue weighted by Crippen LogP contribution is -2.42. The monoisotopic (exact) mass is 226 g/mol. The van der Waals surface area contributed by atoms with Gasteiger partial charge in [0.25, 0.3) is 5.91 Å². The first-order valence-corrected chi connectivity index (χ1v) is 4.76. The van der Waals surface area contributed by atoms with Crippen molar-refractivity contribution in [1.82, 2.24) is 10.3 Å². The summed E-state index contributed by atoms with van der Waals surface area (Å²) in [6, 6.07) is 3.26. The molecule has 1 aromatic rings. The summed E-state index contributed by atoms with van der Waals surface area (Å²) < 4.78 is 0. The minimum atomic E-state index is -1.45. The van der Waals surface area contributed by atoms with Crippen LogP contribution in [0.4, 0.5) is 0 Å². The molecule has 1 rings (SSSR count). The van der Waals surface area contributed by atoms with Gasteiger partial charge in [0.2, 0.25) is 0 Å². The number of carbonyl (C=O) groups excluding carboxylic acids is 1. The summed E-state index contributed by atoms with van der Waals surface area (Å²) in [6.07, 6.45) is 1.18. The van der Waals surface area contributed by atoms with Gasteiger partial charge in [-0.3, -0.25) is 9.59 Å². The average Bonchev–Trinajstić information content (AvgIpc) is 2.64. The highest BCUT2D eigenvalue weighted by Crippen LogP contribution is 2.07. The van der Waals surface area contributed by atoms with Gasteiger partial charge >= 0.3 is 5.97 Å². The van der Waals surface area contributed by atoms with Crippen molar-refractivity contribution in [3.05, 3.63) is 24.0 Å². The number of carbonyl (C=O) groups is 2. The highest BCUT2D eigenvalue weighted by Gasteiger charge is 2.25. The third kappa shape index (κ3) is 3.74. The molecular formula is C10H14N2O4. The molecule has 0 saturated carbocycles. The number of carboxylic acid groups (broad SMARTS) is 1. The van der Waals surface area contributed by atoms with Gasteiger partial charge in [0.15, 0.2) is 0 Å². The van der Waals surface area contributed by atoms with Crippen LogP contribution in [0.25, 0.3) is 0 Å². The molecule has 0 aliphatic carbocycles. The van der Waals surface area contributed by atoms with E-state index in [4.69, 9.17) is 5.11 Å². The summed E-state index contributed by atoms with van der Waals surface area (Å²) in [5.74, 6) is -1.49.